The second-order valence-electron chi connectivity index (χ2n) is 20.5. The molecule has 2 aromatic carbocycles. The van der Waals surface area contributed by atoms with Gasteiger partial charge in [0.05, 0.1) is 32.9 Å². The summed E-state index contributed by atoms with van der Waals surface area (Å²) in [6, 6.07) is 7.62. The summed E-state index contributed by atoms with van der Waals surface area (Å²) in [7, 11) is -2.03. The number of rotatable bonds is 9. The Labute approximate surface area is 382 Å². The molecule has 2 aromatic heterocycles. The van der Waals surface area contributed by atoms with Crippen molar-refractivity contribution in [2.45, 2.75) is 131 Å². The van der Waals surface area contributed by atoms with Crippen molar-refractivity contribution in [1.82, 2.24) is 29.3 Å². The fraction of sp³-hybridized carbons (Fsp3) is 0.583. The Morgan fingerprint density at radius 2 is 1.71 bits per heavy atom. The van der Waals surface area contributed by atoms with E-state index < -0.39 is 50.1 Å². The number of fused-ring (bicyclic) bond motifs is 3. The van der Waals surface area contributed by atoms with Crippen molar-refractivity contribution >= 4 is 61.7 Å². The van der Waals surface area contributed by atoms with Crippen molar-refractivity contribution in [3.05, 3.63) is 64.0 Å². The molecule has 3 saturated heterocycles. The van der Waals surface area contributed by atoms with Crippen LogP contribution in [-0.4, -0.2) is 105 Å². The number of aliphatic hydroxyl groups excluding tert-OH is 1. The van der Waals surface area contributed by atoms with Crippen LogP contribution < -0.4 is 26.1 Å². The Kier molecular flexibility index (Phi) is 10.5. The minimum Gasteiger partial charge on any atom is -0.393 e. The average molecular weight is 924 g/mol. The summed E-state index contributed by atoms with van der Waals surface area (Å²) in [6.45, 7) is 6.04. The number of nitrogens with one attached hydrogen (secondary N) is 2. The maximum absolute atomic E-state index is 16.2. The Balaban J connectivity index is 0.676. The third kappa shape index (κ3) is 7.15. The fourth-order valence-corrected chi connectivity index (χ4v) is 14.5. The van der Waals surface area contributed by atoms with E-state index in [-0.39, 0.29) is 41.6 Å². The van der Waals surface area contributed by atoms with Gasteiger partial charge in [-0.05, 0) is 151 Å². The van der Waals surface area contributed by atoms with E-state index in [2.05, 4.69) is 20.5 Å². The third-order valence-electron chi connectivity index (χ3n) is 16.5. The highest BCUT2D eigenvalue weighted by Crippen LogP contribution is 2.58. The number of aryl methyl sites for hydroxylation is 2. The molecule has 3 saturated carbocycles. The zero-order chi connectivity index (χ0) is 45.9. The standard InChI is InChI=1S/C48H58FN9O7S/c1-28-22-32(6-7-35(28)51-45-50-26-34-42(53-45)57(44(62)48(34)14-15-48)30-4-3-5-31(59)23-30)66(64,65)33-24-47(25-33)16-20-55(21-17-47)27-29-12-18-56(19-13-29)36-8-9-37-41(40(36)49)54(2)46(63)58(37)38-10-11-39(60)52-43(38)61/h6-9,22,26,29-31,33,38,59H,3-5,10-21,23-25,27H2,1-2H3,(H,50,51,53)(H,52,60,61)/t30?,31-,38?/m1/s1. The molecule has 4 aliphatic heterocycles. The molecule has 18 heteroatoms. The number of carbonyl (C=O) groups excluding carboxylic acids is 3. The topological polar surface area (TPSA) is 192 Å². The van der Waals surface area contributed by atoms with Crippen LogP contribution in [0.4, 0.5) is 27.5 Å². The van der Waals surface area contributed by atoms with E-state index in [1.165, 1.54) is 16.2 Å². The third-order valence-corrected chi connectivity index (χ3v) is 18.6. The second-order valence-corrected chi connectivity index (χ2v) is 22.7. The van der Waals surface area contributed by atoms with Crippen LogP contribution >= 0.6 is 0 Å². The Morgan fingerprint density at radius 3 is 2.41 bits per heavy atom. The van der Waals surface area contributed by atoms with Crippen molar-refractivity contribution < 1.29 is 32.3 Å². The largest absolute Gasteiger partial charge is 0.393 e. The molecule has 16 nitrogen and oxygen atoms in total. The van der Waals surface area contributed by atoms with E-state index in [1.54, 1.807) is 36.5 Å². The highest BCUT2D eigenvalue weighted by Gasteiger charge is 2.61. The number of benzene rings is 2. The number of hydrogen-bond acceptors (Lipinski definition) is 12. The number of halogens is 1. The van der Waals surface area contributed by atoms with Gasteiger partial charge in [-0.2, -0.15) is 4.98 Å². The molecule has 350 valence electrons. The zero-order valence-corrected chi connectivity index (χ0v) is 38.4. The number of piperidine rings is 3. The number of carbonyl (C=O) groups is 3. The fourth-order valence-electron chi connectivity index (χ4n) is 12.3. The summed E-state index contributed by atoms with van der Waals surface area (Å²) < 4.78 is 46.7. The van der Waals surface area contributed by atoms with Gasteiger partial charge in [0.15, 0.2) is 15.7 Å². The number of likely N-dealkylation sites (tertiary alicyclic amines) is 1. The molecule has 6 heterocycles. The highest BCUT2D eigenvalue weighted by molar-refractivity contribution is 7.92. The molecule has 66 heavy (non-hydrogen) atoms. The molecular formula is C48H58FN9O7S. The van der Waals surface area contributed by atoms with Crippen LogP contribution in [0.3, 0.4) is 0 Å². The van der Waals surface area contributed by atoms with E-state index in [1.807, 2.05) is 16.7 Å². The molecule has 0 radical (unpaired) electrons. The first kappa shape index (κ1) is 43.4. The van der Waals surface area contributed by atoms with Crippen molar-refractivity contribution in [2.75, 3.05) is 47.8 Å². The Hall–Kier alpha value is -5.20. The smallest absolute Gasteiger partial charge is 0.329 e. The molecule has 0 bridgehead atoms. The molecule has 3 atom stereocenters. The molecule has 2 spiro atoms. The van der Waals surface area contributed by atoms with Crippen LogP contribution in [0.5, 0.6) is 0 Å². The number of amides is 3. The average Bonchev–Trinajstić information content (AvgIpc) is 4.00. The summed E-state index contributed by atoms with van der Waals surface area (Å²) in [6.07, 6.45) is 11.2. The van der Waals surface area contributed by atoms with Gasteiger partial charge in [-0.25, -0.2) is 22.6 Å². The number of imide groups is 1. The van der Waals surface area contributed by atoms with Gasteiger partial charge < -0.3 is 20.2 Å². The van der Waals surface area contributed by atoms with E-state index in [4.69, 9.17) is 4.98 Å². The first-order valence-electron chi connectivity index (χ1n) is 23.9. The van der Waals surface area contributed by atoms with Crippen molar-refractivity contribution in [2.24, 2.45) is 18.4 Å². The van der Waals surface area contributed by atoms with Crippen molar-refractivity contribution in [3.63, 3.8) is 0 Å². The number of imidazole rings is 1. The summed E-state index contributed by atoms with van der Waals surface area (Å²) in [4.78, 5) is 67.4. The van der Waals surface area contributed by atoms with Crippen LogP contribution in [0.2, 0.25) is 0 Å². The minimum absolute atomic E-state index is 0.0382. The van der Waals surface area contributed by atoms with Gasteiger partial charge in [0, 0.05) is 56.6 Å². The van der Waals surface area contributed by atoms with E-state index in [9.17, 15) is 32.7 Å². The summed E-state index contributed by atoms with van der Waals surface area (Å²) >= 11 is 0. The Morgan fingerprint density at radius 1 is 0.955 bits per heavy atom. The lowest BCUT2D eigenvalue weighted by atomic mass is 9.63. The first-order valence-corrected chi connectivity index (χ1v) is 25.4. The molecule has 11 rings (SSSR count). The number of sulfone groups is 1. The molecular weight excluding hydrogens is 866 g/mol. The SMILES string of the molecule is Cc1cc(S(=O)(=O)C2CC3(CCN(CC4CCN(c5ccc6c(c5F)n(C)c(=O)n6C5CCC(=O)NC5=O)CC4)CC3)C2)ccc1Nc1ncc2c(n1)N(C1CCC[C@@H](O)C1)C(=O)C21CC1. The number of aromatic nitrogens is 4. The predicted octanol–water partition coefficient (Wildman–Crippen LogP) is 4.92. The quantitative estimate of drug-likeness (QED) is 0.193. The molecule has 2 unspecified atom stereocenters. The molecule has 4 aromatic rings. The van der Waals surface area contributed by atoms with Gasteiger partial charge in [0.1, 0.15) is 17.4 Å². The van der Waals surface area contributed by atoms with Gasteiger partial charge in [-0.3, -0.25) is 33.7 Å². The monoisotopic (exact) mass is 923 g/mol. The lowest BCUT2D eigenvalue weighted by Gasteiger charge is -2.52. The summed E-state index contributed by atoms with van der Waals surface area (Å²) in [5.74, 6) is 0.0750. The van der Waals surface area contributed by atoms with Crippen LogP contribution in [0.25, 0.3) is 11.0 Å². The molecule has 3 amide bonds. The molecule has 3 aliphatic carbocycles. The highest BCUT2D eigenvalue weighted by atomic mass is 32.2. The lowest BCUT2D eigenvalue weighted by Crippen LogP contribution is -2.52. The lowest BCUT2D eigenvalue weighted by molar-refractivity contribution is -0.135. The predicted molar refractivity (Wildman–Crippen MR) is 245 cm³/mol. The van der Waals surface area contributed by atoms with E-state index in [0.717, 1.165) is 88.5 Å². The van der Waals surface area contributed by atoms with Crippen LogP contribution in [0, 0.1) is 24.1 Å². The Bertz CT molecular complexity index is 2840. The van der Waals surface area contributed by atoms with Gasteiger partial charge in [-0.1, -0.05) is 0 Å². The van der Waals surface area contributed by atoms with Crippen LogP contribution in [0.15, 0.2) is 46.2 Å². The number of aliphatic hydroxyl groups is 1. The van der Waals surface area contributed by atoms with Gasteiger partial charge in [-0.15, -0.1) is 0 Å². The van der Waals surface area contributed by atoms with E-state index in [0.29, 0.717) is 71.8 Å². The second kappa shape index (κ2) is 16.0. The molecule has 3 N–H and O–H groups in total. The summed E-state index contributed by atoms with van der Waals surface area (Å²) in [5.41, 5.74) is 2.25. The van der Waals surface area contributed by atoms with E-state index >= 15 is 4.39 Å². The number of hydrogen-bond donors (Lipinski definition) is 3. The van der Waals surface area contributed by atoms with Crippen LogP contribution in [0.1, 0.15) is 107 Å². The van der Waals surface area contributed by atoms with Gasteiger partial charge in [0.2, 0.25) is 23.7 Å². The van der Waals surface area contributed by atoms with Crippen LogP contribution in [-0.2, 0) is 36.7 Å². The summed E-state index contributed by atoms with van der Waals surface area (Å²) in [5, 5.41) is 15.6. The number of anilines is 4. The molecule has 7 aliphatic rings. The minimum atomic E-state index is -3.54. The molecule has 6 fully saturated rings. The first-order chi connectivity index (χ1) is 31.6. The maximum atomic E-state index is 16.2. The van der Waals surface area contributed by atoms with Crippen molar-refractivity contribution in [3.8, 4) is 0 Å². The zero-order valence-electron chi connectivity index (χ0n) is 37.6. The van der Waals surface area contributed by atoms with Gasteiger partial charge >= 0.3 is 5.69 Å². The van der Waals surface area contributed by atoms with Crippen molar-refractivity contribution in [1.29, 1.82) is 0 Å². The maximum Gasteiger partial charge on any atom is 0.329 e. The van der Waals surface area contributed by atoms with Gasteiger partial charge in [0.25, 0.3) is 0 Å². The number of nitrogens with zero attached hydrogens (tertiary/aromatic N) is 7. The normalized spacial score (nSPS) is 25.7.